The van der Waals surface area contributed by atoms with Crippen molar-refractivity contribution in [1.82, 2.24) is 14.9 Å². The molecular formula is C12H22N4O2S. The fourth-order valence-corrected chi connectivity index (χ4v) is 4.15. The number of aromatic amines is 1. The Labute approximate surface area is 114 Å². The lowest BCUT2D eigenvalue weighted by atomic mass is 9.85. The summed E-state index contributed by atoms with van der Waals surface area (Å²) in [7, 11) is -3.54. The molecule has 1 saturated carbocycles. The number of H-pyrrole nitrogens is 1. The maximum Gasteiger partial charge on any atom is 0.258 e. The average molecular weight is 286 g/mol. The summed E-state index contributed by atoms with van der Waals surface area (Å²) in [5.74, 6) is 0.622. The van der Waals surface area contributed by atoms with E-state index in [0.29, 0.717) is 11.5 Å². The Morgan fingerprint density at radius 1 is 1.53 bits per heavy atom. The van der Waals surface area contributed by atoms with Gasteiger partial charge in [0.25, 0.3) is 10.0 Å². The second kappa shape index (κ2) is 6.02. The number of hydrogen-bond donors (Lipinski definition) is 3. The fourth-order valence-electron chi connectivity index (χ4n) is 2.72. The van der Waals surface area contributed by atoms with Crippen molar-refractivity contribution in [3.05, 3.63) is 11.8 Å². The van der Waals surface area contributed by atoms with Crippen LogP contribution in [0.3, 0.4) is 0 Å². The highest BCUT2D eigenvalue weighted by molar-refractivity contribution is 7.89. The Bertz CT molecular complexity index is 512. The zero-order chi connectivity index (χ0) is 13.9. The number of nitrogens with one attached hydrogen (secondary N) is 2. The van der Waals surface area contributed by atoms with E-state index in [9.17, 15) is 8.42 Å². The van der Waals surface area contributed by atoms with Crippen LogP contribution in [0.4, 0.5) is 0 Å². The standard InChI is InChI=1S/C12H22N4O2S/c1-2-9-4-3-5-11(6-9)16-19(17,18)12-10(7-13)8-14-15-12/h8-9,11,16H,2-7,13H2,1H3,(H,14,15). The molecule has 0 spiro atoms. The number of aromatic nitrogens is 2. The summed E-state index contributed by atoms with van der Waals surface area (Å²) in [6, 6.07) is 0.0256. The lowest BCUT2D eigenvalue weighted by molar-refractivity contribution is 0.301. The SMILES string of the molecule is CCC1CCCC(NS(=O)(=O)c2[nH]ncc2CN)C1. The van der Waals surface area contributed by atoms with Crippen LogP contribution in [0.1, 0.15) is 44.6 Å². The van der Waals surface area contributed by atoms with Crippen LogP contribution in [0.15, 0.2) is 11.2 Å². The van der Waals surface area contributed by atoms with Crippen LogP contribution >= 0.6 is 0 Å². The maximum atomic E-state index is 12.3. The van der Waals surface area contributed by atoms with Crippen molar-refractivity contribution >= 4 is 10.0 Å². The molecule has 1 heterocycles. The molecule has 0 amide bonds. The smallest absolute Gasteiger partial charge is 0.258 e. The van der Waals surface area contributed by atoms with Gasteiger partial charge in [0.05, 0.1) is 6.20 Å². The molecule has 2 rings (SSSR count). The van der Waals surface area contributed by atoms with Crippen LogP contribution in [0.2, 0.25) is 0 Å². The molecule has 1 aliphatic carbocycles. The zero-order valence-electron chi connectivity index (χ0n) is 11.2. The van der Waals surface area contributed by atoms with Gasteiger partial charge in [0, 0.05) is 18.2 Å². The summed E-state index contributed by atoms with van der Waals surface area (Å²) in [5.41, 5.74) is 6.04. The van der Waals surface area contributed by atoms with E-state index in [4.69, 9.17) is 5.73 Å². The fraction of sp³-hybridized carbons (Fsp3) is 0.750. The summed E-state index contributed by atoms with van der Waals surface area (Å²) in [5, 5.41) is 6.40. The van der Waals surface area contributed by atoms with E-state index in [1.165, 1.54) is 12.6 Å². The Morgan fingerprint density at radius 2 is 2.32 bits per heavy atom. The third-order valence-corrected chi connectivity index (χ3v) is 5.38. The molecule has 108 valence electrons. The van der Waals surface area contributed by atoms with E-state index in [2.05, 4.69) is 21.8 Å². The summed E-state index contributed by atoms with van der Waals surface area (Å²) in [6.07, 6.45) is 6.68. The van der Waals surface area contributed by atoms with Crippen LogP contribution in [-0.2, 0) is 16.6 Å². The zero-order valence-corrected chi connectivity index (χ0v) is 12.0. The first-order chi connectivity index (χ1) is 9.06. The Balaban J connectivity index is 2.09. The first-order valence-corrected chi connectivity index (χ1v) is 8.29. The number of nitrogens with two attached hydrogens (primary N) is 1. The molecule has 2 atom stereocenters. The lowest BCUT2D eigenvalue weighted by Crippen LogP contribution is -2.38. The molecule has 1 fully saturated rings. The van der Waals surface area contributed by atoms with Crippen molar-refractivity contribution in [3.63, 3.8) is 0 Å². The number of rotatable bonds is 5. The highest BCUT2D eigenvalue weighted by Gasteiger charge is 2.27. The Hall–Kier alpha value is -0.920. The summed E-state index contributed by atoms with van der Waals surface area (Å²) >= 11 is 0. The molecule has 0 radical (unpaired) electrons. The minimum atomic E-state index is -3.54. The van der Waals surface area contributed by atoms with Gasteiger partial charge in [0.2, 0.25) is 0 Å². The van der Waals surface area contributed by atoms with Crippen LogP contribution in [0, 0.1) is 5.92 Å². The van der Waals surface area contributed by atoms with Gasteiger partial charge in [0.15, 0.2) is 5.03 Å². The molecule has 4 N–H and O–H groups in total. The second-order valence-electron chi connectivity index (χ2n) is 5.19. The van der Waals surface area contributed by atoms with Crippen LogP contribution in [-0.4, -0.2) is 24.7 Å². The van der Waals surface area contributed by atoms with Gasteiger partial charge in [-0.1, -0.05) is 26.2 Å². The summed E-state index contributed by atoms with van der Waals surface area (Å²) in [4.78, 5) is 0. The largest absolute Gasteiger partial charge is 0.326 e. The topological polar surface area (TPSA) is 101 Å². The Morgan fingerprint density at radius 3 is 3.00 bits per heavy atom. The summed E-state index contributed by atoms with van der Waals surface area (Å²) < 4.78 is 27.4. The third kappa shape index (κ3) is 3.34. The normalized spacial score (nSPS) is 24.5. The Kier molecular flexibility index (Phi) is 4.59. The van der Waals surface area contributed by atoms with E-state index >= 15 is 0 Å². The molecule has 1 aliphatic rings. The molecule has 0 aliphatic heterocycles. The number of hydrogen-bond acceptors (Lipinski definition) is 4. The molecule has 0 bridgehead atoms. The van der Waals surface area contributed by atoms with Crippen molar-refractivity contribution in [3.8, 4) is 0 Å². The van der Waals surface area contributed by atoms with Gasteiger partial charge in [-0.15, -0.1) is 0 Å². The van der Waals surface area contributed by atoms with Crippen molar-refractivity contribution in [2.45, 2.75) is 56.6 Å². The summed E-state index contributed by atoms with van der Waals surface area (Å²) in [6.45, 7) is 2.32. The average Bonchev–Trinajstić information content (AvgIpc) is 2.87. The predicted octanol–water partition coefficient (Wildman–Crippen LogP) is 1.12. The monoisotopic (exact) mass is 286 g/mol. The van der Waals surface area contributed by atoms with Crippen molar-refractivity contribution in [2.75, 3.05) is 0 Å². The van der Waals surface area contributed by atoms with E-state index in [1.54, 1.807) is 0 Å². The molecule has 0 aromatic carbocycles. The van der Waals surface area contributed by atoms with Crippen molar-refractivity contribution < 1.29 is 8.42 Å². The number of nitrogens with zero attached hydrogens (tertiary/aromatic N) is 1. The van der Waals surface area contributed by atoms with E-state index in [1.807, 2.05) is 0 Å². The van der Waals surface area contributed by atoms with Gasteiger partial charge in [-0.05, 0) is 18.8 Å². The molecule has 1 aromatic heterocycles. The molecule has 1 aromatic rings. The van der Waals surface area contributed by atoms with Crippen LogP contribution in [0.25, 0.3) is 0 Å². The first kappa shape index (κ1) is 14.5. The van der Waals surface area contributed by atoms with Crippen LogP contribution in [0.5, 0.6) is 0 Å². The van der Waals surface area contributed by atoms with Crippen molar-refractivity contribution in [2.24, 2.45) is 11.7 Å². The minimum Gasteiger partial charge on any atom is -0.326 e. The van der Waals surface area contributed by atoms with Crippen LogP contribution < -0.4 is 10.5 Å². The quantitative estimate of drug-likeness (QED) is 0.755. The van der Waals surface area contributed by atoms with Gasteiger partial charge >= 0.3 is 0 Å². The number of sulfonamides is 1. The van der Waals surface area contributed by atoms with Gasteiger partial charge in [0.1, 0.15) is 0 Å². The maximum absolute atomic E-state index is 12.3. The van der Waals surface area contributed by atoms with Gasteiger partial charge in [-0.2, -0.15) is 5.10 Å². The highest BCUT2D eigenvalue weighted by atomic mass is 32.2. The molecular weight excluding hydrogens is 264 g/mol. The molecule has 2 unspecified atom stereocenters. The minimum absolute atomic E-state index is 0.0256. The molecule has 6 nitrogen and oxygen atoms in total. The molecule has 0 saturated heterocycles. The third-order valence-electron chi connectivity index (χ3n) is 3.85. The predicted molar refractivity (Wildman–Crippen MR) is 72.8 cm³/mol. The van der Waals surface area contributed by atoms with Crippen molar-refractivity contribution in [1.29, 1.82) is 0 Å². The highest BCUT2D eigenvalue weighted by Crippen LogP contribution is 2.27. The first-order valence-electron chi connectivity index (χ1n) is 6.81. The van der Waals surface area contributed by atoms with E-state index in [0.717, 1.165) is 25.7 Å². The lowest BCUT2D eigenvalue weighted by Gasteiger charge is -2.28. The van der Waals surface area contributed by atoms with E-state index < -0.39 is 10.0 Å². The second-order valence-corrected chi connectivity index (χ2v) is 6.84. The van der Waals surface area contributed by atoms with E-state index in [-0.39, 0.29) is 17.6 Å². The molecule has 19 heavy (non-hydrogen) atoms. The van der Waals surface area contributed by atoms with Gasteiger partial charge in [-0.3, -0.25) is 5.10 Å². The van der Waals surface area contributed by atoms with Gasteiger partial charge < -0.3 is 5.73 Å². The molecule has 7 heteroatoms. The van der Waals surface area contributed by atoms with Gasteiger partial charge in [-0.25, -0.2) is 13.1 Å².